The lowest BCUT2D eigenvalue weighted by molar-refractivity contribution is -0.133. The summed E-state index contributed by atoms with van der Waals surface area (Å²) < 4.78 is 1.96. The van der Waals surface area contributed by atoms with Crippen LogP contribution in [-0.4, -0.2) is 58.7 Å². The zero-order valence-corrected chi connectivity index (χ0v) is 12.7. The molecule has 0 radical (unpaired) electrons. The SMILES string of the molecule is Cc1nn(CCC(=O)N2CCN(C)CC2)c2ccccc12. The Morgan fingerprint density at radius 1 is 1.19 bits per heavy atom. The van der Waals surface area contributed by atoms with Crippen LogP contribution in [0.25, 0.3) is 10.9 Å². The predicted octanol–water partition coefficient (Wildman–Crippen LogP) is 1.51. The minimum atomic E-state index is 0.236. The predicted molar refractivity (Wildman–Crippen MR) is 83.2 cm³/mol. The zero-order chi connectivity index (χ0) is 14.8. The number of aryl methyl sites for hydroxylation is 2. The van der Waals surface area contributed by atoms with E-state index in [0.29, 0.717) is 13.0 Å². The van der Waals surface area contributed by atoms with Crippen LogP contribution in [0.1, 0.15) is 12.1 Å². The van der Waals surface area contributed by atoms with Gasteiger partial charge in [-0.15, -0.1) is 0 Å². The molecule has 1 amide bonds. The van der Waals surface area contributed by atoms with Gasteiger partial charge in [-0.1, -0.05) is 18.2 Å². The summed E-state index contributed by atoms with van der Waals surface area (Å²) in [6.45, 7) is 6.29. The molecule has 5 heteroatoms. The van der Waals surface area contributed by atoms with Gasteiger partial charge in [0.1, 0.15) is 0 Å². The van der Waals surface area contributed by atoms with Crippen molar-refractivity contribution >= 4 is 16.8 Å². The van der Waals surface area contributed by atoms with Crippen molar-refractivity contribution in [1.82, 2.24) is 19.6 Å². The fourth-order valence-electron chi connectivity index (χ4n) is 2.88. The monoisotopic (exact) mass is 286 g/mol. The zero-order valence-electron chi connectivity index (χ0n) is 12.7. The number of fused-ring (bicyclic) bond motifs is 1. The van der Waals surface area contributed by atoms with Crippen LogP contribution in [-0.2, 0) is 11.3 Å². The van der Waals surface area contributed by atoms with E-state index in [1.165, 1.54) is 5.39 Å². The molecular weight excluding hydrogens is 264 g/mol. The van der Waals surface area contributed by atoms with Gasteiger partial charge in [-0.05, 0) is 20.0 Å². The number of aromatic nitrogens is 2. The minimum Gasteiger partial charge on any atom is -0.340 e. The lowest BCUT2D eigenvalue weighted by atomic mass is 10.2. The maximum absolute atomic E-state index is 12.3. The lowest BCUT2D eigenvalue weighted by Gasteiger charge is -2.32. The number of likely N-dealkylation sites (N-methyl/N-ethyl adjacent to an activating group) is 1. The summed E-state index contributed by atoms with van der Waals surface area (Å²) in [4.78, 5) is 16.5. The van der Waals surface area contributed by atoms with Crippen LogP contribution in [0.5, 0.6) is 0 Å². The number of amides is 1. The Kier molecular flexibility index (Phi) is 3.92. The Bertz CT molecular complexity index is 641. The summed E-state index contributed by atoms with van der Waals surface area (Å²) in [6.07, 6.45) is 0.523. The van der Waals surface area contributed by atoms with Crippen molar-refractivity contribution in [2.75, 3.05) is 33.2 Å². The van der Waals surface area contributed by atoms with Crippen molar-refractivity contribution in [3.8, 4) is 0 Å². The van der Waals surface area contributed by atoms with Crippen LogP contribution < -0.4 is 0 Å². The van der Waals surface area contributed by atoms with Crippen molar-refractivity contribution < 1.29 is 4.79 Å². The number of carbonyl (C=O) groups is 1. The average molecular weight is 286 g/mol. The van der Waals surface area contributed by atoms with E-state index in [1.807, 2.05) is 28.6 Å². The molecule has 0 N–H and O–H groups in total. The Balaban J connectivity index is 1.65. The summed E-state index contributed by atoms with van der Waals surface area (Å²) in [5.74, 6) is 0.236. The van der Waals surface area contributed by atoms with E-state index < -0.39 is 0 Å². The number of hydrogen-bond donors (Lipinski definition) is 0. The molecule has 21 heavy (non-hydrogen) atoms. The van der Waals surface area contributed by atoms with Gasteiger partial charge in [-0.2, -0.15) is 5.10 Å². The first-order chi connectivity index (χ1) is 10.1. The van der Waals surface area contributed by atoms with Crippen molar-refractivity contribution in [3.05, 3.63) is 30.0 Å². The van der Waals surface area contributed by atoms with E-state index in [-0.39, 0.29) is 5.91 Å². The fourth-order valence-corrected chi connectivity index (χ4v) is 2.88. The molecule has 1 aliphatic rings. The smallest absolute Gasteiger partial charge is 0.224 e. The normalized spacial score (nSPS) is 16.6. The fraction of sp³-hybridized carbons (Fsp3) is 0.500. The third kappa shape index (κ3) is 2.93. The highest BCUT2D eigenvalue weighted by atomic mass is 16.2. The van der Waals surface area contributed by atoms with Gasteiger partial charge in [0.25, 0.3) is 0 Å². The van der Waals surface area contributed by atoms with E-state index in [0.717, 1.165) is 37.4 Å². The molecule has 5 nitrogen and oxygen atoms in total. The van der Waals surface area contributed by atoms with E-state index in [1.54, 1.807) is 0 Å². The third-order valence-electron chi connectivity index (χ3n) is 4.24. The Labute approximate surface area is 125 Å². The van der Waals surface area contributed by atoms with Crippen LogP contribution in [0.15, 0.2) is 24.3 Å². The van der Waals surface area contributed by atoms with Gasteiger partial charge in [0.15, 0.2) is 0 Å². The average Bonchev–Trinajstić information content (AvgIpc) is 2.83. The number of piperazine rings is 1. The number of rotatable bonds is 3. The Hall–Kier alpha value is -1.88. The summed E-state index contributed by atoms with van der Waals surface area (Å²) in [7, 11) is 2.10. The molecule has 0 bridgehead atoms. The van der Waals surface area contributed by atoms with E-state index in [2.05, 4.69) is 29.2 Å². The molecule has 0 aliphatic carbocycles. The molecule has 1 aliphatic heterocycles. The van der Waals surface area contributed by atoms with Crippen LogP contribution >= 0.6 is 0 Å². The van der Waals surface area contributed by atoms with Gasteiger partial charge in [-0.3, -0.25) is 9.48 Å². The van der Waals surface area contributed by atoms with E-state index >= 15 is 0 Å². The second kappa shape index (κ2) is 5.85. The van der Waals surface area contributed by atoms with Gasteiger partial charge in [0, 0.05) is 38.0 Å². The molecular formula is C16H22N4O. The van der Waals surface area contributed by atoms with Gasteiger partial charge < -0.3 is 9.80 Å². The van der Waals surface area contributed by atoms with Gasteiger partial charge >= 0.3 is 0 Å². The molecule has 1 aromatic heterocycles. The summed E-state index contributed by atoms with van der Waals surface area (Å²) >= 11 is 0. The van der Waals surface area contributed by atoms with Crippen molar-refractivity contribution in [2.45, 2.75) is 19.9 Å². The van der Waals surface area contributed by atoms with E-state index in [4.69, 9.17) is 0 Å². The van der Waals surface area contributed by atoms with Gasteiger partial charge in [0.2, 0.25) is 5.91 Å². The summed E-state index contributed by atoms with van der Waals surface area (Å²) in [6, 6.07) is 8.19. The number of para-hydroxylation sites is 1. The van der Waals surface area contributed by atoms with Crippen molar-refractivity contribution in [3.63, 3.8) is 0 Å². The van der Waals surface area contributed by atoms with Gasteiger partial charge in [0.05, 0.1) is 17.8 Å². The van der Waals surface area contributed by atoms with Crippen molar-refractivity contribution in [1.29, 1.82) is 0 Å². The van der Waals surface area contributed by atoms with Crippen molar-refractivity contribution in [2.24, 2.45) is 0 Å². The third-order valence-corrected chi connectivity index (χ3v) is 4.24. The molecule has 3 rings (SSSR count). The number of hydrogen-bond acceptors (Lipinski definition) is 3. The number of benzene rings is 1. The standard InChI is InChI=1S/C16H22N4O/c1-13-14-5-3-4-6-15(14)20(17-13)8-7-16(21)19-11-9-18(2)10-12-19/h3-6H,7-12H2,1-2H3. The molecule has 112 valence electrons. The first-order valence-corrected chi connectivity index (χ1v) is 7.53. The second-order valence-corrected chi connectivity index (χ2v) is 5.76. The number of carbonyl (C=O) groups excluding carboxylic acids is 1. The molecule has 1 aromatic carbocycles. The van der Waals surface area contributed by atoms with E-state index in [9.17, 15) is 4.79 Å². The molecule has 2 heterocycles. The highest BCUT2D eigenvalue weighted by Gasteiger charge is 2.19. The maximum Gasteiger partial charge on any atom is 0.224 e. The minimum absolute atomic E-state index is 0.236. The quantitative estimate of drug-likeness (QED) is 0.859. The Morgan fingerprint density at radius 2 is 1.90 bits per heavy atom. The summed E-state index contributed by atoms with van der Waals surface area (Å²) in [5.41, 5.74) is 2.14. The maximum atomic E-state index is 12.3. The summed E-state index contributed by atoms with van der Waals surface area (Å²) in [5, 5.41) is 5.73. The largest absolute Gasteiger partial charge is 0.340 e. The molecule has 1 fully saturated rings. The highest BCUT2D eigenvalue weighted by Crippen LogP contribution is 2.17. The lowest BCUT2D eigenvalue weighted by Crippen LogP contribution is -2.47. The molecule has 0 spiro atoms. The second-order valence-electron chi connectivity index (χ2n) is 5.76. The topological polar surface area (TPSA) is 41.4 Å². The molecule has 0 unspecified atom stereocenters. The van der Waals surface area contributed by atoms with Crippen LogP contribution in [0, 0.1) is 6.92 Å². The molecule has 0 atom stereocenters. The van der Waals surface area contributed by atoms with Crippen LogP contribution in [0.2, 0.25) is 0 Å². The molecule has 1 saturated heterocycles. The van der Waals surface area contributed by atoms with Gasteiger partial charge in [-0.25, -0.2) is 0 Å². The Morgan fingerprint density at radius 3 is 2.67 bits per heavy atom. The van der Waals surface area contributed by atoms with Crippen LogP contribution in [0.4, 0.5) is 0 Å². The molecule has 0 saturated carbocycles. The first-order valence-electron chi connectivity index (χ1n) is 7.53. The highest BCUT2D eigenvalue weighted by molar-refractivity contribution is 5.82. The number of nitrogens with zero attached hydrogens (tertiary/aromatic N) is 4. The van der Waals surface area contributed by atoms with Crippen LogP contribution in [0.3, 0.4) is 0 Å². The molecule has 2 aromatic rings. The first kappa shape index (κ1) is 14.1.